The van der Waals surface area contributed by atoms with Gasteiger partial charge in [0, 0.05) is 44.4 Å². The molecule has 0 aromatic heterocycles. The van der Waals surface area contributed by atoms with E-state index in [0.29, 0.717) is 49.8 Å². The molecule has 28 heavy (non-hydrogen) atoms. The van der Waals surface area contributed by atoms with Gasteiger partial charge in [0.15, 0.2) is 0 Å². The molecule has 3 rings (SSSR count). The Balaban J connectivity index is 1.57. The summed E-state index contributed by atoms with van der Waals surface area (Å²) in [6.45, 7) is 7.02. The first kappa shape index (κ1) is 20.1. The molecule has 0 atom stereocenters. The molecule has 5 heteroatoms. The molecular weight excluding hydrogens is 352 g/mol. The van der Waals surface area contributed by atoms with Crippen molar-refractivity contribution < 1.29 is 14.3 Å². The molecule has 0 bridgehead atoms. The lowest BCUT2D eigenvalue weighted by Crippen LogP contribution is -2.50. The molecule has 0 aliphatic carbocycles. The van der Waals surface area contributed by atoms with E-state index < -0.39 is 0 Å². The SMILES string of the molecule is COCc1ccc(C(=O)N2CCN(C(=O)c3ccc(C(C)C)cc3)CC2)cc1. The predicted molar refractivity (Wildman–Crippen MR) is 109 cm³/mol. The molecule has 1 fully saturated rings. The average Bonchev–Trinajstić information content (AvgIpc) is 2.74. The minimum absolute atomic E-state index is 0.0114. The monoisotopic (exact) mass is 380 g/mol. The Labute approximate surface area is 166 Å². The predicted octanol–water partition coefficient (Wildman–Crippen LogP) is 3.55. The maximum Gasteiger partial charge on any atom is 0.253 e. The lowest BCUT2D eigenvalue weighted by molar-refractivity contribution is 0.0535. The number of hydrogen-bond acceptors (Lipinski definition) is 3. The van der Waals surface area contributed by atoms with Crippen LogP contribution in [0.1, 0.15) is 51.6 Å². The molecule has 0 N–H and O–H groups in total. The van der Waals surface area contributed by atoms with Gasteiger partial charge in [-0.25, -0.2) is 0 Å². The topological polar surface area (TPSA) is 49.9 Å². The van der Waals surface area contributed by atoms with Crippen LogP contribution < -0.4 is 0 Å². The molecule has 2 aromatic rings. The summed E-state index contributed by atoms with van der Waals surface area (Å²) in [5, 5.41) is 0. The number of methoxy groups -OCH3 is 1. The van der Waals surface area contributed by atoms with Crippen molar-refractivity contribution in [2.24, 2.45) is 0 Å². The average molecular weight is 380 g/mol. The van der Waals surface area contributed by atoms with Crippen LogP contribution in [0.3, 0.4) is 0 Å². The molecule has 0 radical (unpaired) electrons. The summed E-state index contributed by atoms with van der Waals surface area (Å²) in [4.78, 5) is 29.1. The summed E-state index contributed by atoms with van der Waals surface area (Å²) in [5.41, 5.74) is 3.64. The van der Waals surface area contributed by atoms with E-state index in [9.17, 15) is 9.59 Å². The van der Waals surface area contributed by atoms with Gasteiger partial charge >= 0.3 is 0 Å². The molecule has 5 nitrogen and oxygen atoms in total. The second-order valence-electron chi connectivity index (χ2n) is 7.49. The fourth-order valence-electron chi connectivity index (χ4n) is 3.40. The number of ether oxygens (including phenoxy) is 1. The van der Waals surface area contributed by atoms with Crippen molar-refractivity contribution in [3.63, 3.8) is 0 Å². The van der Waals surface area contributed by atoms with Gasteiger partial charge < -0.3 is 14.5 Å². The zero-order valence-electron chi connectivity index (χ0n) is 16.9. The highest BCUT2D eigenvalue weighted by Crippen LogP contribution is 2.17. The highest BCUT2D eigenvalue weighted by Gasteiger charge is 2.25. The Kier molecular flexibility index (Phi) is 6.47. The largest absolute Gasteiger partial charge is 0.380 e. The highest BCUT2D eigenvalue weighted by atomic mass is 16.5. The normalized spacial score (nSPS) is 14.4. The fourth-order valence-corrected chi connectivity index (χ4v) is 3.40. The van der Waals surface area contributed by atoms with Crippen LogP contribution in [-0.2, 0) is 11.3 Å². The number of carbonyl (C=O) groups excluding carboxylic acids is 2. The van der Waals surface area contributed by atoms with Crippen molar-refractivity contribution in [1.82, 2.24) is 9.80 Å². The van der Waals surface area contributed by atoms with E-state index in [0.717, 1.165) is 5.56 Å². The second kappa shape index (κ2) is 9.02. The number of carbonyl (C=O) groups is 2. The number of amides is 2. The molecule has 2 aromatic carbocycles. The van der Waals surface area contributed by atoms with Gasteiger partial charge in [-0.3, -0.25) is 9.59 Å². The van der Waals surface area contributed by atoms with Crippen molar-refractivity contribution in [2.75, 3.05) is 33.3 Å². The standard InChI is InChI=1S/C23H28N2O3/c1-17(2)19-8-10-21(11-9-19)23(27)25-14-12-24(13-15-25)22(26)20-6-4-18(5-7-20)16-28-3/h4-11,17H,12-16H2,1-3H3. The van der Waals surface area contributed by atoms with Crippen LogP contribution in [0.25, 0.3) is 0 Å². The molecule has 0 saturated carbocycles. The second-order valence-corrected chi connectivity index (χ2v) is 7.49. The molecule has 1 aliphatic heterocycles. The van der Waals surface area contributed by atoms with Gasteiger partial charge in [-0.1, -0.05) is 38.1 Å². The summed E-state index contributed by atoms with van der Waals surface area (Å²) in [6.07, 6.45) is 0. The van der Waals surface area contributed by atoms with Crippen LogP contribution in [0.2, 0.25) is 0 Å². The van der Waals surface area contributed by atoms with Gasteiger partial charge in [0.05, 0.1) is 6.61 Å². The van der Waals surface area contributed by atoms with Crippen LogP contribution in [0.15, 0.2) is 48.5 Å². The van der Waals surface area contributed by atoms with Crippen LogP contribution in [-0.4, -0.2) is 54.9 Å². The van der Waals surface area contributed by atoms with Gasteiger partial charge in [0.25, 0.3) is 11.8 Å². The first-order valence-corrected chi connectivity index (χ1v) is 9.76. The highest BCUT2D eigenvalue weighted by molar-refractivity contribution is 5.96. The van der Waals surface area contributed by atoms with Crippen LogP contribution in [0.4, 0.5) is 0 Å². The summed E-state index contributed by atoms with van der Waals surface area (Å²) in [7, 11) is 1.65. The van der Waals surface area contributed by atoms with Crippen molar-refractivity contribution in [3.8, 4) is 0 Å². The number of hydrogen-bond donors (Lipinski definition) is 0. The van der Waals surface area contributed by atoms with Gasteiger partial charge in [-0.15, -0.1) is 0 Å². The molecule has 2 amide bonds. The van der Waals surface area contributed by atoms with E-state index in [2.05, 4.69) is 13.8 Å². The third-order valence-corrected chi connectivity index (χ3v) is 5.19. The third kappa shape index (κ3) is 4.60. The minimum Gasteiger partial charge on any atom is -0.380 e. The first-order valence-electron chi connectivity index (χ1n) is 9.76. The quantitative estimate of drug-likeness (QED) is 0.797. The summed E-state index contributed by atoms with van der Waals surface area (Å²) >= 11 is 0. The fraction of sp³-hybridized carbons (Fsp3) is 0.391. The maximum absolute atomic E-state index is 12.7. The van der Waals surface area contributed by atoms with E-state index in [-0.39, 0.29) is 11.8 Å². The van der Waals surface area contributed by atoms with E-state index in [4.69, 9.17) is 4.74 Å². The smallest absolute Gasteiger partial charge is 0.253 e. The Bertz CT molecular complexity index is 805. The van der Waals surface area contributed by atoms with E-state index >= 15 is 0 Å². The Morgan fingerprint density at radius 3 is 1.64 bits per heavy atom. The lowest BCUT2D eigenvalue weighted by atomic mass is 10.0. The van der Waals surface area contributed by atoms with Crippen LogP contribution in [0, 0.1) is 0 Å². The van der Waals surface area contributed by atoms with Gasteiger partial charge in [0.1, 0.15) is 0 Å². The maximum atomic E-state index is 12.7. The van der Waals surface area contributed by atoms with Crippen molar-refractivity contribution in [2.45, 2.75) is 26.4 Å². The molecule has 0 unspecified atom stereocenters. The minimum atomic E-state index is 0.0114. The van der Waals surface area contributed by atoms with Gasteiger partial charge in [-0.2, -0.15) is 0 Å². The number of nitrogens with zero attached hydrogens (tertiary/aromatic N) is 2. The van der Waals surface area contributed by atoms with Crippen molar-refractivity contribution >= 4 is 11.8 Å². The number of benzene rings is 2. The van der Waals surface area contributed by atoms with E-state index in [1.807, 2.05) is 58.3 Å². The molecule has 0 spiro atoms. The lowest BCUT2D eigenvalue weighted by Gasteiger charge is -2.35. The van der Waals surface area contributed by atoms with Crippen molar-refractivity contribution in [1.29, 1.82) is 0 Å². The summed E-state index contributed by atoms with van der Waals surface area (Å²) in [5.74, 6) is 0.492. The Hall–Kier alpha value is -2.66. The molecule has 1 heterocycles. The number of rotatable bonds is 5. The Morgan fingerprint density at radius 1 is 0.821 bits per heavy atom. The van der Waals surface area contributed by atoms with Crippen LogP contribution in [0.5, 0.6) is 0 Å². The number of piperazine rings is 1. The summed E-state index contributed by atoms with van der Waals surface area (Å²) in [6, 6.07) is 15.3. The molecule has 1 saturated heterocycles. The zero-order chi connectivity index (χ0) is 20.1. The first-order chi connectivity index (χ1) is 13.5. The molecular formula is C23H28N2O3. The van der Waals surface area contributed by atoms with E-state index in [1.54, 1.807) is 7.11 Å². The van der Waals surface area contributed by atoms with E-state index in [1.165, 1.54) is 5.56 Å². The van der Waals surface area contributed by atoms with Gasteiger partial charge in [-0.05, 0) is 41.3 Å². The zero-order valence-corrected chi connectivity index (χ0v) is 16.9. The molecule has 1 aliphatic rings. The van der Waals surface area contributed by atoms with Gasteiger partial charge in [0.2, 0.25) is 0 Å². The summed E-state index contributed by atoms with van der Waals surface area (Å²) < 4.78 is 5.10. The third-order valence-electron chi connectivity index (χ3n) is 5.19. The van der Waals surface area contributed by atoms with Crippen LogP contribution >= 0.6 is 0 Å². The molecule has 148 valence electrons. The Morgan fingerprint density at radius 2 is 1.25 bits per heavy atom. The van der Waals surface area contributed by atoms with Crippen molar-refractivity contribution in [3.05, 3.63) is 70.8 Å².